The van der Waals surface area contributed by atoms with Gasteiger partial charge in [-0.05, 0) is 19.4 Å². The molecule has 1 saturated heterocycles. The normalized spacial score (nSPS) is 26.2. The first-order valence-corrected chi connectivity index (χ1v) is 3.64. The van der Waals surface area contributed by atoms with E-state index in [1.54, 1.807) is 0 Å². The highest BCUT2D eigenvalue weighted by Crippen LogP contribution is 2.06. The van der Waals surface area contributed by atoms with Gasteiger partial charge in [-0.1, -0.05) is 6.42 Å². The molecule has 0 radical (unpaired) electrons. The third-order valence-corrected chi connectivity index (χ3v) is 1.78. The minimum atomic E-state index is -0.247. The van der Waals surface area contributed by atoms with Crippen molar-refractivity contribution in [2.24, 2.45) is 0 Å². The van der Waals surface area contributed by atoms with Gasteiger partial charge in [-0.2, -0.15) is 0 Å². The molecule has 4 nitrogen and oxygen atoms in total. The Morgan fingerprint density at radius 3 is 2.90 bits per heavy atom. The number of hydrogen-bond donors (Lipinski definition) is 1. The molecule has 0 aromatic heterocycles. The van der Waals surface area contributed by atoms with E-state index < -0.39 is 0 Å². The third kappa shape index (κ3) is 2.31. The topological polar surface area (TPSA) is 55.2 Å². The van der Waals surface area contributed by atoms with E-state index in [1.807, 2.05) is 0 Å². The maximum atomic E-state index is 10.0. The molecule has 0 saturated carbocycles. The first-order valence-electron chi connectivity index (χ1n) is 3.64. The van der Waals surface area contributed by atoms with Gasteiger partial charge in [0.25, 0.3) is 0 Å². The van der Waals surface area contributed by atoms with Crippen molar-refractivity contribution in [3.05, 3.63) is 10.1 Å². The summed E-state index contributed by atoms with van der Waals surface area (Å²) in [7, 11) is 0. The minimum Gasteiger partial charge on any atom is -0.308 e. The molecule has 0 aromatic rings. The van der Waals surface area contributed by atoms with E-state index in [-0.39, 0.29) is 17.5 Å². The Morgan fingerprint density at radius 1 is 1.60 bits per heavy atom. The van der Waals surface area contributed by atoms with Gasteiger partial charge in [0.15, 0.2) is 0 Å². The van der Waals surface area contributed by atoms with Crippen LogP contribution in [-0.4, -0.2) is 24.1 Å². The Hall–Kier alpha value is -0.640. The SMILES string of the molecule is O=[N+]([O-])CC1CCCCN1. The molecule has 10 heavy (non-hydrogen) atoms. The van der Waals surface area contributed by atoms with Crippen LogP contribution in [0.1, 0.15) is 19.3 Å². The van der Waals surface area contributed by atoms with Crippen molar-refractivity contribution in [3.8, 4) is 0 Å². The molecule has 0 bridgehead atoms. The number of nitro groups is 1. The highest BCUT2D eigenvalue weighted by atomic mass is 16.6. The van der Waals surface area contributed by atoms with Crippen LogP contribution in [0, 0.1) is 10.1 Å². The van der Waals surface area contributed by atoms with E-state index in [0.29, 0.717) is 0 Å². The molecule has 1 atom stereocenters. The fraction of sp³-hybridized carbons (Fsp3) is 1.00. The molecule has 0 amide bonds. The second kappa shape index (κ2) is 3.51. The Labute approximate surface area is 59.8 Å². The average Bonchev–Trinajstić information content (AvgIpc) is 1.88. The maximum absolute atomic E-state index is 10.0. The van der Waals surface area contributed by atoms with E-state index in [0.717, 1.165) is 25.8 Å². The fourth-order valence-corrected chi connectivity index (χ4v) is 1.26. The molecule has 1 N–H and O–H groups in total. The molecule has 1 fully saturated rings. The summed E-state index contributed by atoms with van der Waals surface area (Å²) in [5.41, 5.74) is 0. The summed E-state index contributed by atoms with van der Waals surface area (Å²) in [6.07, 6.45) is 3.25. The van der Waals surface area contributed by atoms with Crippen molar-refractivity contribution in [1.29, 1.82) is 0 Å². The third-order valence-electron chi connectivity index (χ3n) is 1.78. The summed E-state index contributed by atoms with van der Waals surface area (Å²) in [5.74, 6) is 0. The molecule has 58 valence electrons. The largest absolute Gasteiger partial charge is 0.308 e. The summed E-state index contributed by atoms with van der Waals surface area (Å²) < 4.78 is 0. The lowest BCUT2D eigenvalue weighted by molar-refractivity contribution is -0.484. The smallest absolute Gasteiger partial charge is 0.218 e. The summed E-state index contributed by atoms with van der Waals surface area (Å²) >= 11 is 0. The lowest BCUT2D eigenvalue weighted by Gasteiger charge is -2.19. The molecule has 1 heterocycles. The van der Waals surface area contributed by atoms with Crippen LogP contribution in [0.4, 0.5) is 0 Å². The predicted octanol–water partition coefficient (Wildman–Crippen LogP) is 0.405. The quantitative estimate of drug-likeness (QED) is 0.451. The average molecular weight is 144 g/mol. The highest BCUT2D eigenvalue weighted by molar-refractivity contribution is 4.70. The number of nitrogens with one attached hydrogen (secondary N) is 1. The summed E-state index contributed by atoms with van der Waals surface area (Å²) in [6, 6.07) is 0.128. The van der Waals surface area contributed by atoms with Crippen molar-refractivity contribution in [2.75, 3.05) is 13.1 Å². The van der Waals surface area contributed by atoms with Crippen LogP contribution in [0.5, 0.6) is 0 Å². The molecule has 1 aliphatic rings. The van der Waals surface area contributed by atoms with Gasteiger partial charge in [0.05, 0.1) is 6.04 Å². The molecule has 0 aromatic carbocycles. The van der Waals surface area contributed by atoms with Gasteiger partial charge in [-0.25, -0.2) is 0 Å². The van der Waals surface area contributed by atoms with Gasteiger partial charge in [0.1, 0.15) is 0 Å². The van der Waals surface area contributed by atoms with E-state index in [1.165, 1.54) is 0 Å². The van der Waals surface area contributed by atoms with Crippen LogP contribution in [0.15, 0.2) is 0 Å². The van der Waals surface area contributed by atoms with E-state index in [2.05, 4.69) is 5.32 Å². The Balaban J connectivity index is 2.19. The van der Waals surface area contributed by atoms with Crippen LogP contribution in [0.25, 0.3) is 0 Å². The molecule has 1 unspecified atom stereocenters. The van der Waals surface area contributed by atoms with Crippen molar-refractivity contribution < 1.29 is 4.92 Å². The Morgan fingerprint density at radius 2 is 2.40 bits per heavy atom. The van der Waals surface area contributed by atoms with Crippen molar-refractivity contribution >= 4 is 0 Å². The number of nitrogens with zero attached hydrogens (tertiary/aromatic N) is 1. The summed E-state index contributed by atoms with van der Waals surface area (Å²) in [4.78, 5) is 9.79. The molecule has 1 aliphatic heterocycles. The van der Waals surface area contributed by atoms with Crippen LogP contribution in [0.2, 0.25) is 0 Å². The van der Waals surface area contributed by atoms with Gasteiger partial charge in [0.2, 0.25) is 6.54 Å². The Kier molecular flexibility index (Phi) is 2.62. The van der Waals surface area contributed by atoms with Gasteiger partial charge >= 0.3 is 0 Å². The molecular weight excluding hydrogens is 132 g/mol. The summed E-state index contributed by atoms with van der Waals surface area (Å²) in [6.45, 7) is 1.03. The standard InChI is InChI=1S/C6H12N2O2/c9-8(10)5-6-3-1-2-4-7-6/h6-7H,1-5H2. The first-order chi connectivity index (χ1) is 4.79. The zero-order chi connectivity index (χ0) is 7.40. The van der Waals surface area contributed by atoms with Crippen molar-refractivity contribution in [2.45, 2.75) is 25.3 Å². The van der Waals surface area contributed by atoms with Gasteiger partial charge in [-0.3, -0.25) is 10.1 Å². The van der Waals surface area contributed by atoms with Crippen molar-refractivity contribution in [3.63, 3.8) is 0 Å². The van der Waals surface area contributed by atoms with Crippen molar-refractivity contribution in [1.82, 2.24) is 5.32 Å². The van der Waals surface area contributed by atoms with Gasteiger partial charge < -0.3 is 5.32 Å². The molecule has 0 aliphatic carbocycles. The zero-order valence-electron chi connectivity index (χ0n) is 5.88. The predicted molar refractivity (Wildman–Crippen MR) is 37.5 cm³/mol. The van der Waals surface area contributed by atoms with Crippen LogP contribution in [0.3, 0.4) is 0 Å². The molecule has 1 rings (SSSR count). The second-order valence-electron chi connectivity index (χ2n) is 2.66. The second-order valence-corrected chi connectivity index (χ2v) is 2.66. The number of piperidine rings is 1. The lowest BCUT2D eigenvalue weighted by Crippen LogP contribution is -2.39. The first kappa shape index (κ1) is 7.47. The monoisotopic (exact) mass is 144 g/mol. The highest BCUT2D eigenvalue weighted by Gasteiger charge is 2.16. The minimum absolute atomic E-state index is 0.0833. The molecule has 0 spiro atoms. The molecule has 4 heteroatoms. The number of hydrogen-bond acceptors (Lipinski definition) is 3. The zero-order valence-corrected chi connectivity index (χ0v) is 5.88. The van der Waals surface area contributed by atoms with E-state index >= 15 is 0 Å². The van der Waals surface area contributed by atoms with E-state index in [4.69, 9.17) is 0 Å². The summed E-state index contributed by atoms with van der Waals surface area (Å²) in [5, 5.41) is 13.1. The molecular formula is C6H12N2O2. The maximum Gasteiger partial charge on any atom is 0.218 e. The fourth-order valence-electron chi connectivity index (χ4n) is 1.26. The van der Waals surface area contributed by atoms with Crippen LogP contribution in [-0.2, 0) is 0 Å². The van der Waals surface area contributed by atoms with E-state index in [9.17, 15) is 10.1 Å². The van der Waals surface area contributed by atoms with Gasteiger partial charge in [-0.15, -0.1) is 0 Å². The van der Waals surface area contributed by atoms with Crippen LogP contribution < -0.4 is 5.32 Å². The lowest BCUT2D eigenvalue weighted by atomic mass is 10.1. The van der Waals surface area contributed by atoms with Gasteiger partial charge in [0, 0.05) is 4.92 Å². The Bertz CT molecular complexity index is 121. The van der Waals surface area contributed by atoms with Crippen LogP contribution >= 0.6 is 0 Å². The number of rotatable bonds is 2.